The van der Waals surface area contributed by atoms with Crippen molar-refractivity contribution >= 4 is 35.0 Å². The first-order chi connectivity index (χ1) is 12.1. The molecule has 0 atom stereocenters. The topological polar surface area (TPSA) is 29.1 Å². The van der Waals surface area contributed by atoms with Crippen molar-refractivity contribution in [3.05, 3.63) is 58.1 Å². The van der Waals surface area contributed by atoms with E-state index >= 15 is 0 Å². The van der Waals surface area contributed by atoms with Crippen molar-refractivity contribution < 1.29 is 18.0 Å². The van der Waals surface area contributed by atoms with Gasteiger partial charge in [0.15, 0.2) is 0 Å². The number of halogens is 4. The van der Waals surface area contributed by atoms with Crippen LogP contribution in [0.4, 0.5) is 18.9 Å². The summed E-state index contributed by atoms with van der Waals surface area (Å²) < 4.78 is 38.7. The largest absolute Gasteiger partial charge is 0.417 e. The standard InChI is InChI=1S/C19H19ClF3NOS/c1-11(2)14-6-4-5-12(3)18(14)24-17(25)10-26-13-7-8-16(20)15(9-13)19(21,22)23/h4-9,11H,10H2,1-3H3,(H,24,25). The molecule has 0 unspecified atom stereocenters. The molecule has 2 nitrogen and oxygen atoms in total. The SMILES string of the molecule is Cc1cccc(C(C)C)c1NC(=O)CSc1ccc(Cl)c(C(F)(F)F)c1. The van der Waals surface area contributed by atoms with Gasteiger partial charge in [-0.3, -0.25) is 4.79 Å². The fourth-order valence-corrected chi connectivity index (χ4v) is 3.44. The van der Waals surface area contributed by atoms with Gasteiger partial charge in [0.2, 0.25) is 5.91 Å². The van der Waals surface area contributed by atoms with Crippen molar-refractivity contribution in [2.45, 2.75) is 37.8 Å². The third-order valence-corrected chi connectivity index (χ3v) is 5.13. The van der Waals surface area contributed by atoms with Crippen molar-refractivity contribution in [3.8, 4) is 0 Å². The van der Waals surface area contributed by atoms with Gasteiger partial charge in [0.25, 0.3) is 0 Å². The molecule has 0 aliphatic rings. The van der Waals surface area contributed by atoms with Crippen molar-refractivity contribution in [1.29, 1.82) is 0 Å². The number of carbonyl (C=O) groups is 1. The predicted octanol–water partition coefficient (Wildman–Crippen LogP) is 6.52. The smallest absolute Gasteiger partial charge is 0.325 e. The molecule has 0 saturated heterocycles. The summed E-state index contributed by atoms with van der Waals surface area (Å²) in [4.78, 5) is 12.6. The Hall–Kier alpha value is -1.66. The van der Waals surface area contributed by atoms with Gasteiger partial charge in [-0.15, -0.1) is 11.8 Å². The van der Waals surface area contributed by atoms with E-state index in [0.717, 1.165) is 34.6 Å². The first kappa shape index (κ1) is 20.6. The molecule has 1 N–H and O–H groups in total. The molecule has 2 aromatic rings. The maximum atomic E-state index is 12.9. The zero-order valence-electron chi connectivity index (χ0n) is 14.6. The minimum absolute atomic E-state index is 0.00476. The number of nitrogens with one attached hydrogen (secondary N) is 1. The van der Waals surface area contributed by atoms with Crippen LogP contribution in [-0.4, -0.2) is 11.7 Å². The number of thioether (sulfide) groups is 1. The van der Waals surface area contributed by atoms with Gasteiger partial charge in [-0.2, -0.15) is 13.2 Å². The van der Waals surface area contributed by atoms with Crippen LogP contribution in [0.5, 0.6) is 0 Å². The van der Waals surface area contributed by atoms with Crippen molar-refractivity contribution in [2.24, 2.45) is 0 Å². The number of carbonyl (C=O) groups excluding carboxylic acids is 1. The highest BCUT2D eigenvalue weighted by Crippen LogP contribution is 2.37. The highest BCUT2D eigenvalue weighted by atomic mass is 35.5. The number of para-hydroxylation sites is 1. The second-order valence-corrected chi connectivity index (χ2v) is 7.63. The lowest BCUT2D eigenvalue weighted by Gasteiger charge is -2.16. The Morgan fingerprint density at radius 3 is 2.54 bits per heavy atom. The van der Waals surface area contributed by atoms with E-state index in [9.17, 15) is 18.0 Å². The van der Waals surface area contributed by atoms with Crippen LogP contribution in [-0.2, 0) is 11.0 Å². The number of hydrogen-bond acceptors (Lipinski definition) is 2. The van der Waals surface area contributed by atoms with Gasteiger partial charge in [-0.1, -0.05) is 43.6 Å². The van der Waals surface area contributed by atoms with Gasteiger partial charge in [0.05, 0.1) is 16.3 Å². The lowest BCUT2D eigenvalue weighted by atomic mass is 9.98. The molecule has 26 heavy (non-hydrogen) atoms. The third kappa shape index (κ3) is 5.17. The summed E-state index contributed by atoms with van der Waals surface area (Å²) in [6, 6.07) is 9.43. The normalized spacial score (nSPS) is 11.7. The lowest BCUT2D eigenvalue weighted by Crippen LogP contribution is -2.16. The molecule has 0 bridgehead atoms. The van der Waals surface area contributed by atoms with E-state index < -0.39 is 11.7 Å². The van der Waals surface area contributed by atoms with E-state index in [2.05, 4.69) is 5.32 Å². The average Bonchev–Trinajstić information content (AvgIpc) is 2.54. The number of alkyl halides is 3. The van der Waals surface area contributed by atoms with Crippen LogP contribution in [0.2, 0.25) is 5.02 Å². The number of benzene rings is 2. The molecule has 0 fully saturated rings. The predicted molar refractivity (Wildman–Crippen MR) is 101 cm³/mol. The van der Waals surface area contributed by atoms with Crippen molar-refractivity contribution in [1.82, 2.24) is 0 Å². The van der Waals surface area contributed by atoms with E-state index in [-0.39, 0.29) is 22.6 Å². The monoisotopic (exact) mass is 401 g/mol. The van der Waals surface area contributed by atoms with Crippen LogP contribution in [0.15, 0.2) is 41.3 Å². The van der Waals surface area contributed by atoms with Gasteiger partial charge < -0.3 is 5.32 Å². The molecule has 2 aromatic carbocycles. The Bertz CT molecular complexity index is 806. The molecule has 0 radical (unpaired) electrons. The zero-order valence-corrected chi connectivity index (χ0v) is 16.1. The molecule has 7 heteroatoms. The van der Waals surface area contributed by atoms with E-state index in [1.54, 1.807) is 0 Å². The molecule has 0 saturated carbocycles. The molecular weight excluding hydrogens is 383 g/mol. The molecular formula is C19H19ClF3NOS. The van der Waals surface area contributed by atoms with Gasteiger partial charge >= 0.3 is 6.18 Å². The average molecular weight is 402 g/mol. The molecule has 1 amide bonds. The summed E-state index contributed by atoms with van der Waals surface area (Å²) in [6.45, 7) is 5.97. The second-order valence-electron chi connectivity index (χ2n) is 6.17. The number of amides is 1. The summed E-state index contributed by atoms with van der Waals surface area (Å²) in [7, 11) is 0. The Morgan fingerprint density at radius 1 is 1.23 bits per heavy atom. The number of aryl methyl sites for hydroxylation is 1. The minimum Gasteiger partial charge on any atom is -0.325 e. The Balaban J connectivity index is 2.09. The summed E-state index contributed by atoms with van der Waals surface area (Å²) in [5.74, 6) is -0.0247. The Morgan fingerprint density at radius 2 is 1.92 bits per heavy atom. The highest BCUT2D eigenvalue weighted by molar-refractivity contribution is 8.00. The summed E-state index contributed by atoms with van der Waals surface area (Å²) >= 11 is 6.64. The van der Waals surface area contributed by atoms with Crippen molar-refractivity contribution in [2.75, 3.05) is 11.1 Å². The fraction of sp³-hybridized carbons (Fsp3) is 0.316. The zero-order chi connectivity index (χ0) is 19.5. The van der Waals surface area contributed by atoms with Crippen LogP contribution in [0.3, 0.4) is 0 Å². The lowest BCUT2D eigenvalue weighted by molar-refractivity contribution is -0.137. The van der Waals surface area contributed by atoms with Gasteiger partial charge in [-0.05, 0) is 42.2 Å². The molecule has 0 aliphatic carbocycles. The summed E-state index contributed by atoms with van der Waals surface area (Å²) in [6.07, 6.45) is -4.52. The van der Waals surface area contributed by atoms with Crippen LogP contribution >= 0.6 is 23.4 Å². The van der Waals surface area contributed by atoms with E-state index in [1.165, 1.54) is 12.1 Å². The first-order valence-corrected chi connectivity index (χ1v) is 9.35. The van der Waals surface area contributed by atoms with Crippen LogP contribution in [0, 0.1) is 6.92 Å². The Kier molecular flexibility index (Phi) is 6.64. The Labute approximate surface area is 160 Å². The molecule has 2 rings (SSSR count). The number of hydrogen-bond donors (Lipinski definition) is 1. The van der Waals surface area contributed by atoms with E-state index in [4.69, 9.17) is 11.6 Å². The van der Waals surface area contributed by atoms with Gasteiger partial charge in [0.1, 0.15) is 0 Å². The van der Waals surface area contributed by atoms with E-state index in [1.807, 2.05) is 39.0 Å². The van der Waals surface area contributed by atoms with Crippen LogP contribution in [0.25, 0.3) is 0 Å². The van der Waals surface area contributed by atoms with Crippen LogP contribution in [0.1, 0.15) is 36.5 Å². The minimum atomic E-state index is -4.52. The molecule has 0 spiro atoms. The highest BCUT2D eigenvalue weighted by Gasteiger charge is 2.33. The van der Waals surface area contributed by atoms with Crippen molar-refractivity contribution in [3.63, 3.8) is 0 Å². The molecule has 0 heterocycles. The number of rotatable bonds is 5. The maximum Gasteiger partial charge on any atom is 0.417 e. The first-order valence-electron chi connectivity index (χ1n) is 7.98. The van der Waals surface area contributed by atoms with Gasteiger partial charge in [-0.25, -0.2) is 0 Å². The fourth-order valence-electron chi connectivity index (χ4n) is 2.48. The quantitative estimate of drug-likeness (QED) is 0.577. The second kappa shape index (κ2) is 8.35. The molecule has 0 aliphatic heterocycles. The number of anilines is 1. The van der Waals surface area contributed by atoms with E-state index in [0.29, 0.717) is 4.90 Å². The summed E-state index contributed by atoms with van der Waals surface area (Å²) in [5.41, 5.74) is 1.83. The molecule has 140 valence electrons. The van der Waals surface area contributed by atoms with Gasteiger partial charge in [0, 0.05) is 10.6 Å². The van der Waals surface area contributed by atoms with Crippen LogP contribution < -0.4 is 5.32 Å². The molecule has 0 aromatic heterocycles. The third-order valence-electron chi connectivity index (χ3n) is 3.80. The summed E-state index contributed by atoms with van der Waals surface area (Å²) in [5, 5.41) is 2.52. The maximum absolute atomic E-state index is 12.9.